The van der Waals surface area contributed by atoms with Crippen LogP contribution in [0.3, 0.4) is 0 Å². The molecule has 1 heterocycles. The van der Waals surface area contributed by atoms with Crippen LogP contribution in [0, 0.1) is 0 Å². The zero-order valence-corrected chi connectivity index (χ0v) is 21.9. The van der Waals surface area contributed by atoms with Gasteiger partial charge in [-0.1, -0.05) is 12.1 Å². The highest BCUT2D eigenvalue weighted by Gasteiger charge is 2.18. The number of aromatic nitrogens is 2. The summed E-state index contributed by atoms with van der Waals surface area (Å²) >= 11 is 0. The molecule has 0 aliphatic carbocycles. The first kappa shape index (κ1) is 26.6. The lowest BCUT2D eigenvalue weighted by molar-refractivity contribution is 0.277. The van der Waals surface area contributed by atoms with E-state index in [4.69, 9.17) is 31.4 Å². The molecule has 38 heavy (non-hydrogen) atoms. The van der Waals surface area contributed by atoms with E-state index in [1.165, 1.54) is 12.1 Å². The predicted octanol–water partition coefficient (Wildman–Crippen LogP) is 3.29. The summed E-state index contributed by atoms with van der Waals surface area (Å²) in [4.78, 5) is 8.40. The van der Waals surface area contributed by atoms with Gasteiger partial charge in [0, 0.05) is 30.3 Å². The van der Waals surface area contributed by atoms with Gasteiger partial charge < -0.3 is 31.4 Å². The van der Waals surface area contributed by atoms with Crippen molar-refractivity contribution in [1.82, 2.24) is 9.97 Å². The molecular weight excluding hydrogens is 506 g/mol. The van der Waals surface area contributed by atoms with Crippen molar-refractivity contribution in [1.29, 1.82) is 0 Å². The number of hydrogen-bond donors (Lipinski definition) is 3. The van der Waals surface area contributed by atoms with Gasteiger partial charge in [0.15, 0.2) is 11.5 Å². The van der Waals surface area contributed by atoms with Crippen LogP contribution in [0.2, 0.25) is 0 Å². The summed E-state index contributed by atoms with van der Waals surface area (Å²) in [7, 11) is -0.532. The molecular formula is C27H29N5O5S. The molecule has 0 bridgehead atoms. The number of sulfone groups is 1. The number of methoxy groups -OCH3 is 2. The third kappa shape index (κ3) is 5.89. The molecule has 0 radical (unpaired) electrons. The molecule has 0 unspecified atom stereocenters. The minimum absolute atomic E-state index is 0.114. The number of nitrogens with two attached hydrogens (primary N) is 3. The first-order chi connectivity index (χ1) is 18.2. The Morgan fingerprint density at radius 2 is 1.39 bits per heavy atom. The van der Waals surface area contributed by atoms with Gasteiger partial charge in [-0.15, -0.1) is 0 Å². The summed E-state index contributed by atoms with van der Waals surface area (Å²) in [6, 6.07) is 16.5. The second-order valence-corrected chi connectivity index (χ2v) is 10.4. The van der Waals surface area contributed by atoms with Crippen LogP contribution in [0.1, 0.15) is 16.7 Å². The summed E-state index contributed by atoms with van der Waals surface area (Å²) in [5.74, 6) is 1.88. The van der Waals surface area contributed by atoms with Crippen LogP contribution in [0.25, 0.3) is 0 Å². The second-order valence-electron chi connectivity index (χ2n) is 8.46. The molecule has 0 aliphatic rings. The number of ether oxygens (including phenoxy) is 3. The average molecular weight is 536 g/mol. The van der Waals surface area contributed by atoms with Gasteiger partial charge in [-0.05, 0) is 59.7 Å². The number of nitrogens with zero attached hydrogens (tertiary/aromatic N) is 2. The Hall–Kier alpha value is -4.51. The molecule has 0 spiro atoms. The first-order valence-electron chi connectivity index (χ1n) is 11.7. The summed E-state index contributed by atoms with van der Waals surface area (Å²) in [5, 5.41) is 0. The zero-order chi connectivity index (χ0) is 27.3. The lowest BCUT2D eigenvalue weighted by Crippen LogP contribution is -2.07. The van der Waals surface area contributed by atoms with E-state index >= 15 is 0 Å². The van der Waals surface area contributed by atoms with Crippen molar-refractivity contribution in [2.24, 2.45) is 0 Å². The number of nitrogen functional groups attached to an aromatic ring is 3. The highest BCUT2D eigenvalue weighted by molar-refractivity contribution is 7.91. The number of benzene rings is 3. The molecule has 6 N–H and O–H groups in total. The van der Waals surface area contributed by atoms with Crippen molar-refractivity contribution in [2.45, 2.75) is 22.6 Å². The lowest BCUT2D eigenvalue weighted by Gasteiger charge is -2.16. The van der Waals surface area contributed by atoms with E-state index in [9.17, 15) is 8.42 Å². The normalized spacial score (nSPS) is 11.2. The smallest absolute Gasteiger partial charge is 0.221 e. The number of anilines is 3. The summed E-state index contributed by atoms with van der Waals surface area (Å²) in [6.45, 7) is 0.314. The molecule has 0 saturated heterocycles. The third-order valence-corrected chi connectivity index (χ3v) is 7.68. The van der Waals surface area contributed by atoms with Gasteiger partial charge >= 0.3 is 0 Å². The Labute approximate surface area is 221 Å². The molecule has 1 aromatic heterocycles. The van der Waals surface area contributed by atoms with E-state index < -0.39 is 9.84 Å². The van der Waals surface area contributed by atoms with E-state index in [2.05, 4.69) is 9.97 Å². The van der Waals surface area contributed by atoms with Crippen molar-refractivity contribution in [3.63, 3.8) is 0 Å². The highest BCUT2D eigenvalue weighted by atomic mass is 32.2. The zero-order valence-electron chi connectivity index (χ0n) is 21.0. The topological polar surface area (TPSA) is 166 Å². The van der Waals surface area contributed by atoms with Crippen LogP contribution < -0.4 is 31.4 Å². The Bertz CT molecular complexity index is 1500. The molecule has 11 heteroatoms. The van der Waals surface area contributed by atoms with Gasteiger partial charge in [0.1, 0.15) is 5.82 Å². The molecule has 0 saturated carbocycles. The fourth-order valence-corrected chi connectivity index (χ4v) is 5.12. The Morgan fingerprint density at radius 3 is 1.95 bits per heavy atom. The quantitative estimate of drug-likeness (QED) is 0.256. The van der Waals surface area contributed by atoms with Gasteiger partial charge in [0.2, 0.25) is 21.5 Å². The number of rotatable bonds is 10. The maximum atomic E-state index is 12.9. The predicted molar refractivity (Wildman–Crippen MR) is 145 cm³/mol. The van der Waals surface area contributed by atoms with Crippen LogP contribution in [0.15, 0.2) is 76.7 Å². The van der Waals surface area contributed by atoms with Crippen molar-refractivity contribution in [3.05, 3.63) is 83.6 Å². The van der Waals surface area contributed by atoms with Gasteiger partial charge in [0.25, 0.3) is 0 Å². The first-order valence-corrected chi connectivity index (χ1v) is 13.1. The van der Waals surface area contributed by atoms with Crippen LogP contribution >= 0.6 is 0 Å². The van der Waals surface area contributed by atoms with Gasteiger partial charge in [-0.3, -0.25) is 0 Å². The summed E-state index contributed by atoms with van der Waals surface area (Å²) < 4.78 is 42.9. The second kappa shape index (κ2) is 11.3. The maximum absolute atomic E-state index is 12.9. The van der Waals surface area contributed by atoms with Gasteiger partial charge in [0.05, 0.1) is 30.6 Å². The van der Waals surface area contributed by atoms with Crippen LogP contribution in [-0.4, -0.2) is 39.2 Å². The van der Waals surface area contributed by atoms with Gasteiger partial charge in [-0.25, -0.2) is 13.4 Å². The van der Waals surface area contributed by atoms with Crippen molar-refractivity contribution >= 4 is 27.3 Å². The fourth-order valence-electron chi connectivity index (χ4n) is 3.86. The van der Waals surface area contributed by atoms with E-state index in [1.54, 1.807) is 56.8 Å². The maximum Gasteiger partial charge on any atom is 0.221 e. The minimum Gasteiger partial charge on any atom is -0.493 e. The van der Waals surface area contributed by atoms with Crippen LogP contribution in [0.5, 0.6) is 17.2 Å². The van der Waals surface area contributed by atoms with E-state index in [0.29, 0.717) is 48.2 Å². The molecule has 3 aromatic carbocycles. The molecule has 198 valence electrons. The van der Waals surface area contributed by atoms with Crippen molar-refractivity contribution < 1.29 is 22.6 Å². The highest BCUT2D eigenvalue weighted by Crippen LogP contribution is 2.39. The Morgan fingerprint density at radius 1 is 0.816 bits per heavy atom. The Balaban J connectivity index is 1.45. The molecule has 4 aromatic rings. The van der Waals surface area contributed by atoms with Crippen molar-refractivity contribution in [2.75, 3.05) is 38.0 Å². The molecule has 4 rings (SSSR count). The fraction of sp³-hybridized carbons (Fsp3) is 0.185. The molecule has 0 amide bonds. The SMILES string of the molecule is COc1cc(Cc2cnc(N)nc2N)cc(OC)c1OCCc1ccc(S(=O)(=O)c2ccc(N)cc2)cc1. The standard InChI is InChI=1S/C27H29N5O5S/c1-35-23-14-18(13-19-16-31-27(30)32-26(19)29)15-24(36-2)25(23)37-12-11-17-3-7-21(8-4-17)38(33,34)22-9-5-20(28)6-10-22/h3-10,14-16H,11-13,28H2,1-2H3,(H4,29,30,31,32). The van der Waals surface area contributed by atoms with E-state index in [1.807, 2.05) is 12.1 Å². The molecule has 0 aliphatic heterocycles. The van der Waals surface area contributed by atoms with Crippen LogP contribution in [-0.2, 0) is 22.7 Å². The molecule has 0 atom stereocenters. The largest absolute Gasteiger partial charge is 0.493 e. The summed E-state index contributed by atoms with van der Waals surface area (Å²) in [5.41, 5.74) is 20.2. The lowest BCUT2D eigenvalue weighted by atomic mass is 10.1. The Kier molecular flexibility index (Phi) is 7.87. The average Bonchev–Trinajstić information content (AvgIpc) is 2.91. The van der Waals surface area contributed by atoms with Crippen LogP contribution in [0.4, 0.5) is 17.5 Å². The van der Waals surface area contributed by atoms with Gasteiger partial charge in [-0.2, -0.15) is 4.98 Å². The third-order valence-electron chi connectivity index (χ3n) is 5.89. The minimum atomic E-state index is -3.63. The summed E-state index contributed by atoms with van der Waals surface area (Å²) in [6.07, 6.45) is 2.58. The monoisotopic (exact) mass is 535 g/mol. The molecule has 0 fully saturated rings. The van der Waals surface area contributed by atoms with Crippen molar-refractivity contribution in [3.8, 4) is 17.2 Å². The number of hydrogen-bond acceptors (Lipinski definition) is 10. The van der Waals surface area contributed by atoms with E-state index in [0.717, 1.165) is 16.7 Å². The van der Waals surface area contributed by atoms with E-state index in [-0.39, 0.29) is 15.7 Å². The molecule has 10 nitrogen and oxygen atoms in total.